The molecule has 0 spiro atoms. The van der Waals surface area contributed by atoms with E-state index in [1.807, 2.05) is 0 Å². The molecule has 2 rings (SSSR count). The zero-order valence-corrected chi connectivity index (χ0v) is 13.5. The van der Waals surface area contributed by atoms with Crippen LogP contribution in [0, 0.1) is 6.92 Å². The molecular weight excluding hydrogens is 266 g/mol. The Labute approximate surface area is 125 Å². The first-order valence-corrected chi connectivity index (χ1v) is 7.89. The molecule has 0 saturated carbocycles. The maximum atomic E-state index is 4.58. The summed E-state index contributed by atoms with van der Waals surface area (Å²) < 4.78 is 0. The van der Waals surface area contributed by atoms with Crippen LogP contribution in [0.15, 0.2) is 29.6 Å². The van der Waals surface area contributed by atoms with Crippen molar-refractivity contribution in [2.75, 3.05) is 25.5 Å². The number of anilines is 1. The molecule has 0 amide bonds. The number of benzene rings is 1. The molecule has 1 N–H and O–H groups in total. The number of thiazole rings is 1. The van der Waals surface area contributed by atoms with Gasteiger partial charge in [0, 0.05) is 43.3 Å². The Bertz CT molecular complexity index is 548. The summed E-state index contributed by atoms with van der Waals surface area (Å²) in [5.74, 6) is 0. The van der Waals surface area contributed by atoms with Crippen molar-refractivity contribution < 1.29 is 0 Å². The minimum absolute atomic E-state index is 0.324. The van der Waals surface area contributed by atoms with Crippen LogP contribution in [0.5, 0.6) is 0 Å². The number of rotatable bonds is 6. The average Bonchev–Trinajstić information content (AvgIpc) is 2.84. The van der Waals surface area contributed by atoms with E-state index in [9.17, 15) is 0 Å². The number of aryl methyl sites for hydroxylation is 1. The fourth-order valence-corrected chi connectivity index (χ4v) is 3.06. The Morgan fingerprint density at radius 3 is 2.75 bits per heavy atom. The van der Waals surface area contributed by atoms with Gasteiger partial charge in [-0.1, -0.05) is 19.1 Å². The van der Waals surface area contributed by atoms with Gasteiger partial charge in [0.2, 0.25) is 0 Å². The Morgan fingerprint density at radius 2 is 2.15 bits per heavy atom. The van der Waals surface area contributed by atoms with Crippen LogP contribution in [-0.2, 0) is 6.42 Å². The average molecular weight is 289 g/mol. The highest BCUT2D eigenvalue weighted by Crippen LogP contribution is 2.24. The highest BCUT2D eigenvalue weighted by atomic mass is 32.1. The Kier molecular flexibility index (Phi) is 5.15. The smallest absolute Gasteiger partial charge is 0.0947 e. The Morgan fingerprint density at radius 1 is 1.35 bits per heavy atom. The van der Waals surface area contributed by atoms with E-state index in [2.05, 4.69) is 72.8 Å². The second-order valence-corrected chi connectivity index (χ2v) is 6.13. The van der Waals surface area contributed by atoms with Crippen molar-refractivity contribution in [2.24, 2.45) is 0 Å². The third kappa shape index (κ3) is 3.81. The molecule has 0 saturated heterocycles. The minimum atomic E-state index is 0.324. The van der Waals surface area contributed by atoms with Crippen LogP contribution in [0.1, 0.15) is 29.2 Å². The molecule has 1 atom stereocenters. The molecule has 20 heavy (non-hydrogen) atoms. The number of hydrogen-bond donors (Lipinski definition) is 1. The SMILES string of the molecule is CCNC(Cc1nc(C)cs1)c1cccc(N(C)C)c1. The largest absolute Gasteiger partial charge is 0.378 e. The standard InChI is InChI=1S/C16H23N3S/c1-5-17-15(10-16-18-12(2)11-20-16)13-7-6-8-14(9-13)19(3)4/h6-9,11,15,17H,5,10H2,1-4H3. The molecule has 0 radical (unpaired) electrons. The van der Waals surface area contributed by atoms with E-state index in [0.29, 0.717) is 6.04 Å². The molecular formula is C16H23N3S. The van der Waals surface area contributed by atoms with E-state index in [0.717, 1.165) is 18.7 Å². The molecule has 0 fully saturated rings. The molecule has 2 aromatic rings. The van der Waals surface area contributed by atoms with Gasteiger partial charge in [0.25, 0.3) is 0 Å². The van der Waals surface area contributed by atoms with Gasteiger partial charge in [0.05, 0.1) is 5.01 Å². The second-order valence-electron chi connectivity index (χ2n) is 5.19. The summed E-state index contributed by atoms with van der Waals surface area (Å²) in [6.45, 7) is 5.16. The Balaban J connectivity index is 2.21. The van der Waals surface area contributed by atoms with Gasteiger partial charge >= 0.3 is 0 Å². The van der Waals surface area contributed by atoms with Crippen LogP contribution in [0.4, 0.5) is 5.69 Å². The van der Waals surface area contributed by atoms with E-state index >= 15 is 0 Å². The lowest BCUT2D eigenvalue weighted by atomic mass is 10.0. The molecule has 3 nitrogen and oxygen atoms in total. The number of aromatic nitrogens is 1. The van der Waals surface area contributed by atoms with Crippen molar-refractivity contribution in [3.05, 3.63) is 45.9 Å². The highest BCUT2D eigenvalue weighted by molar-refractivity contribution is 7.09. The van der Waals surface area contributed by atoms with Crippen LogP contribution in [0.25, 0.3) is 0 Å². The van der Waals surface area contributed by atoms with Gasteiger partial charge in [-0.05, 0) is 31.2 Å². The Hall–Kier alpha value is -1.39. The third-order valence-corrected chi connectivity index (χ3v) is 4.27. The van der Waals surface area contributed by atoms with Crippen LogP contribution < -0.4 is 10.2 Å². The van der Waals surface area contributed by atoms with Gasteiger partial charge in [-0.2, -0.15) is 0 Å². The van der Waals surface area contributed by atoms with Crippen molar-refractivity contribution in [2.45, 2.75) is 26.3 Å². The minimum Gasteiger partial charge on any atom is -0.378 e. The normalized spacial score (nSPS) is 12.4. The summed E-state index contributed by atoms with van der Waals surface area (Å²) in [4.78, 5) is 6.72. The maximum absolute atomic E-state index is 4.58. The van der Waals surface area contributed by atoms with Crippen molar-refractivity contribution in [3.8, 4) is 0 Å². The fourth-order valence-electron chi connectivity index (χ4n) is 2.25. The molecule has 1 aromatic carbocycles. The van der Waals surface area contributed by atoms with E-state index in [1.54, 1.807) is 11.3 Å². The van der Waals surface area contributed by atoms with Gasteiger partial charge in [-0.3, -0.25) is 0 Å². The number of nitrogens with zero attached hydrogens (tertiary/aromatic N) is 2. The lowest BCUT2D eigenvalue weighted by Gasteiger charge is -2.20. The zero-order valence-electron chi connectivity index (χ0n) is 12.7. The van der Waals surface area contributed by atoms with Crippen molar-refractivity contribution >= 4 is 17.0 Å². The van der Waals surface area contributed by atoms with Crippen molar-refractivity contribution in [1.29, 1.82) is 0 Å². The third-order valence-electron chi connectivity index (χ3n) is 3.28. The predicted octanol–water partition coefficient (Wildman–Crippen LogP) is 3.41. The first kappa shape index (κ1) is 15.0. The van der Waals surface area contributed by atoms with Crippen LogP contribution in [-0.4, -0.2) is 25.6 Å². The lowest BCUT2D eigenvalue weighted by Crippen LogP contribution is -2.23. The molecule has 1 aromatic heterocycles. The summed E-state index contributed by atoms with van der Waals surface area (Å²) >= 11 is 1.75. The van der Waals surface area contributed by atoms with E-state index in [-0.39, 0.29) is 0 Å². The predicted molar refractivity (Wildman–Crippen MR) is 87.7 cm³/mol. The summed E-state index contributed by atoms with van der Waals surface area (Å²) in [7, 11) is 4.15. The summed E-state index contributed by atoms with van der Waals surface area (Å²) in [6, 6.07) is 9.04. The molecule has 1 unspecified atom stereocenters. The lowest BCUT2D eigenvalue weighted by molar-refractivity contribution is 0.548. The molecule has 0 aliphatic carbocycles. The number of likely N-dealkylation sites (N-methyl/N-ethyl adjacent to an activating group) is 1. The summed E-state index contributed by atoms with van der Waals surface area (Å²) in [5.41, 5.74) is 3.67. The first-order chi connectivity index (χ1) is 9.60. The topological polar surface area (TPSA) is 28.2 Å². The van der Waals surface area contributed by atoms with Crippen molar-refractivity contribution in [3.63, 3.8) is 0 Å². The zero-order chi connectivity index (χ0) is 14.5. The summed E-state index contributed by atoms with van der Waals surface area (Å²) in [5, 5.41) is 6.89. The quantitative estimate of drug-likeness (QED) is 0.883. The van der Waals surface area contributed by atoms with Gasteiger partial charge in [-0.15, -0.1) is 11.3 Å². The van der Waals surface area contributed by atoms with Crippen molar-refractivity contribution in [1.82, 2.24) is 10.3 Å². The molecule has 0 aliphatic heterocycles. The van der Waals surface area contributed by atoms with E-state index in [4.69, 9.17) is 0 Å². The van der Waals surface area contributed by atoms with Gasteiger partial charge in [0.1, 0.15) is 0 Å². The van der Waals surface area contributed by atoms with Gasteiger partial charge < -0.3 is 10.2 Å². The number of hydrogen-bond acceptors (Lipinski definition) is 4. The molecule has 0 bridgehead atoms. The summed E-state index contributed by atoms with van der Waals surface area (Å²) in [6.07, 6.45) is 0.948. The van der Waals surface area contributed by atoms with Crippen LogP contribution in [0.2, 0.25) is 0 Å². The van der Waals surface area contributed by atoms with E-state index in [1.165, 1.54) is 16.3 Å². The second kappa shape index (κ2) is 6.86. The van der Waals surface area contributed by atoms with Crippen LogP contribution >= 0.6 is 11.3 Å². The van der Waals surface area contributed by atoms with Gasteiger partial charge in [-0.25, -0.2) is 4.98 Å². The first-order valence-electron chi connectivity index (χ1n) is 7.01. The molecule has 4 heteroatoms. The molecule has 1 heterocycles. The molecule has 108 valence electrons. The van der Waals surface area contributed by atoms with E-state index < -0.39 is 0 Å². The maximum Gasteiger partial charge on any atom is 0.0947 e. The molecule has 0 aliphatic rings. The van der Waals surface area contributed by atoms with Crippen LogP contribution in [0.3, 0.4) is 0 Å². The number of nitrogens with one attached hydrogen (secondary N) is 1. The fraction of sp³-hybridized carbons (Fsp3) is 0.438. The van der Waals surface area contributed by atoms with Gasteiger partial charge in [0.15, 0.2) is 0 Å². The monoisotopic (exact) mass is 289 g/mol. The highest BCUT2D eigenvalue weighted by Gasteiger charge is 2.14.